The van der Waals surface area contributed by atoms with Crippen LogP contribution < -0.4 is 5.32 Å². The topological polar surface area (TPSA) is 67.2 Å². The van der Waals surface area contributed by atoms with Crippen molar-refractivity contribution in [2.45, 2.75) is 34.2 Å². The number of rotatable bonds is 7. The predicted molar refractivity (Wildman–Crippen MR) is 97.5 cm³/mol. The molecule has 0 aliphatic carbocycles. The first kappa shape index (κ1) is 18.7. The Morgan fingerprint density at radius 3 is 2.60 bits per heavy atom. The second kappa shape index (κ2) is 8.46. The van der Waals surface area contributed by atoms with Gasteiger partial charge < -0.3 is 14.8 Å². The van der Waals surface area contributed by atoms with Crippen LogP contribution in [0.15, 0.2) is 30.5 Å². The highest BCUT2D eigenvalue weighted by molar-refractivity contribution is 5.97. The summed E-state index contributed by atoms with van der Waals surface area (Å²) < 4.78 is 2.08. The van der Waals surface area contributed by atoms with Crippen LogP contribution in [0.4, 0.5) is 0 Å². The van der Waals surface area contributed by atoms with Crippen LogP contribution in [-0.4, -0.2) is 45.9 Å². The Bertz CT molecular complexity index is 737. The molecule has 25 heavy (non-hydrogen) atoms. The molecule has 2 rings (SSSR count). The quantitative estimate of drug-likeness (QED) is 0.838. The number of hydrogen-bond acceptors (Lipinski definition) is 3. The normalized spacial score (nSPS) is 10.6. The smallest absolute Gasteiger partial charge is 0.256 e. The summed E-state index contributed by atoms with van der Waals surface area (Å²) in [4.78, 5) is 30.6. The highest BCUT2D eigenvalue weighted by atomic mass is 16.2. The molecular formula is C19H26N4O2. The van der Waals surface area contributed by atoms with Gasteiger partial charge in [-0.15, -0.1) is 0 Å². The summed E-state index contributed by atoms with van der Waals surface area (Å²) in [5, 5.41) is 2.73. The molecule has 0 spiro atoms. The van der Waals surface area contributed by atoms with Crippen molar-refractivity contribution in [1.82, 2.24) is 19.8 Å². The van der Waals surface area contributed by atoms with Crippen molar-refractivity contribution in [2.24, 2.45) is 0 Å². The molecule has 6 heteroatoms. The van der Waals surface area contributed by atoms with Crippen LogP contribution >= 0.6 is 0 Å². The molecule has 6 nitrogen and oxygen atoms in total. The van der Waals surface area contributed by atoms with Gasteiger partial charge >= 0.3 is 0 Å². The van der Waals surface area contributed by atoms with E-state index >= 15 is 0 Å². The van der Waals surface area contributed by atoms with Crippen LogP contribution in [0.2, 0.25) is 0 Å². The van der Waals surface area contributed by atoms with Gasteiger partial charge in [-0.2, -0.15) is 0 Å². The summed E-state index contributed by atoms with van der Waals surface area (Å²) in [6.07, 6.45) is 1.76. The molecule has 0 unspecified atom stereocenters. The van der Waals surface area contributed by atoms with Gasteiger partial charge in [-0.3, -0.25) is 14.6 Å². The largest absolute Gasteiger partial charge is 0.355 e. The monoisotopic (exact) mass is 342 g/mol. The standard InChI is InChI=1S/C19H26N4O2/c1-5-20-18(24)13-22(6-2)19(25)17-11-14(3)23(15(17)4)12-16-9-7-8-10-21-16/h7-11H,5-6,12-13H2,1-4H3,(H,20,24). The van der Waals surface area contributed by atoms with Crippen molar-refractivity contribution in [1.29, 1.82) is 0 Å². The van der Waals surface area contributed by atoms with Crippen molar-refractivity contribution in [3.8, 4) is 0 Å². The Hall–Kier alpha value is -2.63. The molecule has 0 bridgehead atoms. The fourth-order valence-corrected chi connectivity index (χ4v) is 2.84. The van der Waals surface area contributed by atoms with E-state index in [1.807, 2.05) is 52.0 Å². The SMILES string of the molecule is CCNC(=O)CN(CC)C(=O)c1cc(C)n(Cc2ccccn2)c1C. The highest BCUT2D eigenvalue weighted by Gasteiger charge is 2.22. The number of hydrogen-bond donors (Lipinski definition) is 1. The van der Waals surface area contributed by atoms with Gasteiger partial charge in [0, 0.05) is 30.7 Å². The molecule has 134 valence electrons. The highest BCUT2D eigenvalue weighted by Crippen LogP contribution is 2.18. The summed E-state index contributed by atoms with van der Waals surface area (Å²) >= 11 is 0. The van der Waals surface area contributed by atoms with Crippen molar-refractivity contribution in [2.75, 3.05) is 19.6 Å². The summed E-state index contributed by atoms with van der Waals surface area (Å²) in [5.74, 6) is -0.255. The van der Waals surface area contributed by atoms with E-state index in [2.05, 4.69) is 14.9 Å². The number of nitrogens with one attached hydrogen (secondary N) is 1. The number of aryl methyl sites for hydroxylation is 1. The third-order valence-corrected chi connectivity index (χ3v) is 4.23. The van der Waals surface area contributed by atoms with Gasteiger partial charge in [0.15, 0.2) is 0 Å². The fraction of sp³-hybridized carbons (Fsp3) is 0.421. The van der Waals surface area contributed by atoms with Crippen LogP contribution in [0, 0.1) is 13.8 Å². The van der Waals surface area contributed by atoms with E-state index < -0.39 is 0 Å². The van der Waals surface area contributed by atoms with Gasteiger partial charge in [-0.1, -0.05) is 6.07 Å². The molecule has 0 radical (unpaired) electrons. The molecule has 2 heterocycles. The lowest BCUT2D eigenvalue weighted by atomic mass is 10.2. The van der Waals surface area contributed by atoms with Gasteiger partial charge in [0.05, 0.1) is 24.3 Å². The third-order valence-electron chi connectivity index (χ3n) is 4.23. The molecule has 2 aromatic rings. The van der Waals surface area contributed by atoms with Crippen LogP contribution in [0.5, 0.6) is 0 Å². The first-order valence-electron chi connectivity index (χ1n) is 8.60. The lowest BCUT2D eigenvalue weighted by molar-refractivity contribution is -0.121. The first-order valence-corrected chi connectivity index (χ1v) is 8.60. The average molecular weight is 342 g/mol. The molecule has 0 atom stereocenters. The van der Waals surface area contributed by atoms with Gasteiger partial charge in [0.2, 0.25) is 5.91 Å². The maximum atomic E-state index is 12.9. The number of carbonyl (C=O) groups excluding carboxylic acids is 2. The Balaban J connectivity index is 2.22. The lowest BCUT2D eigenvalue weighted by Gasteiger charge is -2.20. The number of carbonyl (C=O) groups is 2. The van der Waals surface area contributed by atoms with Crippen molar-refractivity contribution in [3.63, 3.8) is 0 Å². The Morgan fingerprint density at radius 2 is 2.00 bits per heavy atom. The fourth-order valence-electron chi connectivity index (χ4n) is 2.84. The minimum atomic E-state index is -0.139. The van der Waals surface area contributed by atoms with Crippen LogP contribution in [0.1, 0.15) is 41.3 Å². The zero-order chi connectivity index (χ0) is 18.4. The third kappa shape index (κ3) is 4.47. The van der Waals surface area contributed by atoms with Crippen molar-refractivity contribution >= 4 is 11.8 Å². The van der Waals surface area contributed by atoms with Crippen molar-refractivity contribution in [3.05, 3.63) is 53.1 Å². The zero-order valence-electron chi connectivity index (χ0n) is 15.4. The number of nitrogens with zero attached hydrogens (tertiary/aromatic N) is 3. The average Bonchev–Trinajstić information content (AvgIpc) is 2.88. The van der Waals surface area contributed by atoms with Crippen LogP contribution in [-0.2, 0) is 11.3 Å². The molecule has 2 aromatic heterocycles. The Morgan fingerprint density at radius 1 is 1.24 bits per heavy atom. The maximum Gasteiger partial charge on any atom is 0.256 e. The van der Waals surface area contributed by atoms with E-state index in [0.717, 1.165) is 17.1 Å². The summed E-state index contributed by atoms with van der Waals surface area (Å²) in [5.41, 5.74) is 3.47. The number of amides is 2. The van der Waals surface area contributed by atoms with Crippen LogP contribution in [0.25, 0.3) is 0 Å². The summed E-state index contributed by atoms with van der Waals surface area (Å²) in [7, 11) is 0. The minimum Gasteiger partial charge on any atom is -0.355 e. The second-order valence-corrected chi connectivity index (χ2v) is 5.96. The van der Waals surface area contributed by atoms with Gasteiger partial charge in [-0.25, -0.2) is 0 Å². The van der Waals surface area contributed by atoms with Gasteiger partial charge in [-0.05, 0) is 45.9 Å². The van der Waals surface area contributed by atoms with E-state index in [1.165, 1.54) is 0 Å². The van der Waals surface area contributed by atoms with E-state index in [1.54, 1.807) is 11.1 Å². The second-order valence-electron chi connectivity index (χ2n) is 5.96. The Labute approximate surface area is 148 Å². The molecule has 0 fully saturated rings. The molecule has 0 aliphatic heterocycles. The summed E-state index contributed by atoms with van der Waals surface area (Å²) in [6, 6.07) is 7.69. The minimum absolute atomic E-state index is 0.0765. The van der Waals surface area contributed by atoms with E-state index in [-0.39, 0.29) is 18.4 Å². The zero-order valence-corrected chi connectivity index (χ0v) is 15.4. The van der Waals surface area contributed by atoms with Gasteiger partial charge in [0.25, 0.3) is 5.91 Å². The molecule has 0 saturated carbocycles. The molecule has 0 saturated heterocycles. The van der Waals surface area contributed by atoms with Crippen molar-refractivity contribution < 1.29 is 9.59 Å². The van der Waals surface area contributed by atoms with Gasteiger partial charge in [0.1, 0.15) is 0 Å². The van der Waals surface area contributed by atoms with Crippen LogP contribution in [0.3, 0.4) is 0 Å². The maximum absolute atomic E-state index is 12.9. The number of likely N-dealkylation sites (N-methyl/N-ethyl adjacent to an activating group) is 2. The molecule has 0 aliphatic rings. The lowest BCUT2D eigenvalue weighted by Crippen LogP contribution is -2.40. The molecule has 0 aromatic carbocycles. The molecule has 2 amide bonds. The molecular weight excluding hydrogens is 316 g/mol. The number of aromatic nitrogens is 2. The molecule has 1 N–H and O–H groups in total. The van der Waals surface area contributed by atoms with E-state index in [4.69, 9.17) is 0 Å². The van der Waals surface area contributed by atoms with E-state index in [9.17, 15) is 9.59 Å². The Kier molecular flexibility index (Phi) is 6.33. The first-order chi connectivity index (χ1) is 12.0. The number of pyridine rings is 1. The predicted octanol–water partition coefficient (Wildman–Crippen LogP) is 2.15. The summed E-state index contributed by atoms with van der Waals surface area (Å²) in [6.45, 7) is 9.39. The van der Waals surface area contributed by atoms with E-state index in [0.29, 0.717) is 25.2 Å².